The Morgan fingerprint density at radius 3 is 2.02 bits per heavy atom. The Kier molecular flexibility index (Phi) is 8.93. The molecule has 0 aromatic heterocycles. The summed E-state index contributed by atoms with van der Waals surface area (Å²) in [7, 11) is 0. The molecule has 5 aromatic carbocycles. The van der Waals surface area contributed by atoms with E-state index in [0.29, 0.717) is 5.56 Å². The van der Waals surface area contributed by atoms with Gasteiger partial charge in [-0.2, -0.15) is 0 Å². The number of hydrogen-bond acceptors (Lipinski definition) is 3. The molecular weight excluding hydrogens is 547 g/mol. The van der Waals surface area contributed by atoms with Crippen LogP contribution in [0.15, 0.2) is 133 Å². The molecule has 1 heterocycles. The minimum Gasteiger partial charge on any atom is -0.372 e. The van der Waals surface area contributed by atoms with E-state index >= 15 is 0 Å². The van der Waals surface area contributed by atoms with Gasteiger partial charge in [0, 0.05) is 36.4 Å². The molecule has 1 amide bonds. The van der Waals surface area contributed by atoms with Crippen LogP contribution < -0.4 is 10.2 Å². The monoisotopic (exact) mass is 582 g/mol. The summed E-state index contributed by atoms with van der Waals surface area (Å²) in [5.74, 6) is -0.221. The van der Waals surface area contributed by atoms with Gasteiger partial charge in [-0.15, -0.1) is 0 Å². The first-order chi connectivity index (χ1) is 21.5. The van der Waals surface area contributed by atoms with Gasteiger partial charge in [0.1, 0.15) is 5.82 Å². The van der Waals surface area contributed by atoms with Crippen molar-refractivity contribution in [3.63, 3.8) is 0 Å². The number of para-hydroxylation sites is 1. The highest BCUT2D eigenvalue weighted by molar-refractivity contribution is 6.03. The average Bonchev–Trinajstić information content (AvgIpc) is 3.07. The fourth-order valence-electron chi connectivity index (χ4n) is 6.24. The molecule has 220 valence electrons. The highest BCUT2D eigenvalue weighted by atomic mass is 19.1. The molecule has 0 spiro atoms. The van der Waals surface area contributed by atoms with Crippen molar-refractivity contribution in [3.05, 3.63) is 156 Å². The van der Waals surface area contributed by atoms with Gasteiger partial charge in [-0.05, 0) is 77.4 Å². The Bertz CT molecular complexity index is 1700. The topological polar surface area (TPSA) is 49.4 Å². The number of nitrogens with one attached hydrogen (secondary N) is 1. The molecular formula is C39H35FN2O2. The molecule has 4 nitrogen and oxygen atoms in total. The predicted molar refractivity (Wildman–Crippen MR) is 176 cm³/mol. The van der Waals surface area contributed by atoms with Crippen LogP contribution in [0.25, 0.3) is 11.1 Å². The lowest BCUT2D eigenvalue weighted by Gasteiger charge is -2.37. The van der Waals surface area contributed by atoms with Gasteiger partial charge in [-0.3, -0.25) is 9.59 Å². The first-order valence-corrected chi connectivity index (χ1v) is 15.2. The van der Waals surface area contributed by atoms with Crippen molar-refractivity contribution >= 4 is 23.1 Å². The fourth-order valence-corrected chi connectivity index (χ4v) is 6.24. The zero-order valence-corrected chi connectivity index (χ0v) is 24.5. The summed E-state index contributed by atoms with van der Waals surface area (Å²) >= 11 is 0. The molecule has 5 heteroatoms. The van der Waals surface area contributed by atoms with Crippen LogP contribution in [0.4, 0.5) is 15.8 Å². The Morgan fingerprint density at radius 1 is 0.727 bits per heavy atom. The molecule has 1 aliphatic rings. The van der Waals surface area contributed by atoms with Crippen molar-refractivity contribution in [1.82, 2.24) is 0 Å². The van der Waals surface area contributed by atoms with Gasteiger partial charge in [0.2, 0.25) is 5.91 Å². The highest BCUT2D eigenvalue weighted by Crippen LogP contribution is 2.35. The quantitative estimate of drug-likeness (QED) is 0.177. The van der Waals surface area contributed by atoms with Crippen molar-refractivity contribution in [2.45, 2.75) is 25.2 Å². The third-order valence-corrected chi connectivity index (χ3v) is 8.54. The number of anilines is 2. The molecule has 1 saturated heterocycles. The van der Waals surface area contributed by atoms with E-state index in [1.807, 2.05) is 84.9 Å². The van der Waals surface area contributed by atoms with E-state index in [1.165, 1.54) is 12.1 Å². The minimum absolute atomic E-state index is 0.0271. The lowest BCUT2D eigenvalue weighted by molar-refractivity contribution is -0.119. The van der Waals surface area contributed by atoms with E-state index in [0.717, 1.165) is 59.6 Å². The molecule has 44 heavy (non-hydrogen) atoms. The second-order valence-corrected chi connectivity index (χ2v) is 11.4. The molecule has 1 N–H and O–H groups in total. The number of carbonyl (C=O) groups is 2. The number of Topliss-reactive ketones (excluding diaryl/α,β-unsaturated/α-hetero) is 1. The third kappa shape index (κ3) is 6.78. The van der Waals surface area contributed by atoms with Crippen molar-refractivity contribution in [1.29, 1.82) is 0 Å². The van der Waals surface area contributed by atoms with Crippen LogP contribution in [0, 0.1) is 11.7 Å². The van der Waals surface area contributed by atoms with Gasteiger partial charge < -0.3 is 10.2 Å². The molecule has 5 aromatic rings. The van der Waals surface area contributed by atoms with Crippen LogP contribution in [0.5, 0.6) is 0 Å². The summed E-state index contributed by atoms with van der Waals surface area (Å²) in [5.41, 5.74) is 6.20. The number of nitrogens with zero attached hydrogens (tertiary/aromatic N) is 1. The number of carbonyl (C=O) groups excluding carboxylic acids is 2. The minimum atomic E-state index is -0.300. The molecule has 1 aliphatic heterocycles. The summed E-state index contributed by atoms with van der Waals surface area (Å²) in [6.45, 7) is 1.71. The van der Waals surface area contributed by atoms with Crippen LogP contribution in [-0.4, -0.2) is 24.8 Å². The lowest BCUT2D eigenvalue weighted by atomic mass is 9.79. The zero-order valence-electron chi connectivity index (χ0n) is 24.5. The summed E-state index contributed by atoms with van der Waals surface area (Å²) in [6, 6.07) is 41.7. The Hall–Kier alpha value is -5.03. The normalized spacial score (nSPS) is 14.2. The standard InChI is InChI=1S/C39H35FN2O2/c40-32-19-17-29(18-20-32)35-13-7-8-14-36(35)37(43)27-28-15-21-34(22-16-28)42-25-23-31(24-26-42)38(30-9-3-1-4-10-30)39(44)41-33-11-5-2-6-12-33/h1-22,31,38H,23-27H2,(H,41,44). The fraction of sp³-hybridized carbons (Fsp3) is 0.179. The highest BCUT2D eigenvalue weighted by Gasteiger charge is 2.33. The van der Waals surface area contributed by atoms with Gasteiger partial charge in [0.05, 0.1) is 5.92 Å². The van der Waals surface area contributed by atoms with E-state index < -0.39 is 0 Å². The molecule has 0 aliphatic carbocycles. The summed E-state index contributed by atoms with van der Waals surface area (Å²) in [5, 5.41) is 3.13. The van der Waals surface area contributed by atoms with Gasteiger partial charge in [-0.25, -0.2) is 4.39 Å². The van der Waals surface area contributed by atoms with Gasteiger partial charge in [-0.1, -0.05) is 97.1 Å². The maximum absolute atomic E-state index is 13.5. The van der Waals surface area contributed by atoms with Crippen LogP contribution in [0.1, 0.15) is 40.2 Å². The average molecular weight is 583 g/mol. The Balaban J connectivity index is 1.10. The maximum atomic E-state index is 13.5. The van der Waals surface area contributed by atoms with E-state index in [4.69, 9.17) is 0 Å². The van der Waals surface area contributed by atoms with Gasteiger partial charge in [0.15, 0.2) is 5.78 Å². The van der Waals surface area contributed by atoms with E-state index in [-0.39, 0.29) is 35.8 Å². The molecule has 1 atom stereocenters. The van der Waals surface area contributed by atoms with Crippen LogP contribution >= 0.6 is 0 Å². The van der Waals surface area contributed by atoms with Crippen molar-refractivity contribution in [3.8, 4) is 11.1 Å². The van der Waals surface area contributed by atoms with Crippen molar-refractivity contribution in [2.75, 3.05) is 23.3 Å². The van der Waals surface area contributed by atoms with Crippen LogP contribution in [0.3, 0.4) is 0 Å². The second kappa shape index (κ2) is 13.5. The number of amides is 1. The molecule has 1 fully saturated rings. The molecule has 0 bridgehead atoms. The summed E-state index contributed by atoms with van der Waals surface area (Å²) < 4.78 is 13.5. The summed E-state index contributed by atoms with van der Waals surface area (Å²) in [4.78, 5) is 29.2. The number of rotatable bonds is 9. The molecule has 6 rings (SSSR count). The number of ketones is 1. The SMILES string of the molecule is O=C(Cc1ccc(N2CCC(C(C(=O)Nc3ccccc3)c3ccccc3)CC2)cc1)c1ccccc1-c1ccc(F)cc1. The van der Waals surface area contributed by atoms with E-state index in [1.54, 1.807) is 12.1 Å². The van der Waals surface area contributed by atoms with Crippen LogP contribution in [0.2, 0.25) is 0 Å². The number of halogens is 1. The number of hydrogen-bond donors (Lipinski definition) is 1. The number of benzene rings is 5. The largest absolute Gasteiger partial charge is 0.372 e. The maximum Gasteiger partial charge on any atom is 0.232 e. The molecule has 0 saturated carbocycles. The van der Waals surface area contributed by atoms with Crippen LogP contribution in [-0.2, 0) is 11.2 Å². The Morgan fingerprint density at radius 2 is 1.34 bits per heavy atom. The first-order valence-electron chi connectivity index (χ1n) is 15.2. The zero-order chi connectivity index (χ0) is 30.3. The van der Waals surface area contributed by atoms with Gasteiger partial charge >= 0.3 is 0 Å². The number of piperidine rings is 1. The smallest absolute Gasteiger partial charge is 0.232 e. The van der Waals surface area contributed by atoms with Crippen molar-refractivity contribution in [2.24, 2.45) is 5.92 Å². The predicted octanol–water partition coefficient (Wildman–Crippen LogP) is 8.56. The lowest BCUT2D eigenvalue weighted by Crippen LogP contribution is -2.38. The second-order valence-electron chi connectivity index (χ2n) is 11.4. The van der Waals surface area contributed by atoms with E-state index in [2.05, 4.69) is 34.5 Å². The summed E-state index contributed by atoms with van der Waals surface area (Å²) in [6.07, 6.45) is 2.10. The van der Waals surface area contributed by atoms with Gasteiger partial charge in [0.25, 0.3) is 0 Å². The Labute approximate surface area is 258 Å². The molecule has 1 unspecified atom stereocenters. The molecule has 0 radical (unpaired) electrons. The first kappa shape index (κ1) is 29.1. The van der Waals surface area contributed by atoms with Crippen molar-refractivity contribution < 1.29 is 14.0 Å². The van der Waals surface area contributed by atoms with E-state index in [9.17, 15) is 14.0 Å². The third-order valence-electron chi connectivity index (χ3n) is 8.54.